The Bertz CT molecular complexity index is 743. The Balaban J connectivity index is 1.71. The largest absolute Gasteiger partial charge is 0.444 e. The number of carbonyl (C=O) groups excluding carboxylic acids is 1. The van der Waals surface area contributed by atoms with Gasteiger partial charge in [-0.2, -0.15) is 0 Å². The third-order valence-electron chi connectivity index (χ3n) is 4.38. The SMILES string of the molecule is CN(CNC(=O)OC(C)(C)C)c1ccc2[nH]c3c(c2c1)CCCC3. The second kappa shape index (κ2) is 6.38. The molecule has 3 rings (SSSR count). The molecule has 1 aliphatic rings. The van der Waals surface area contributed by atoms with Crippen LogP contribution in [0.5, 0.6) is 0 Å². The molecule has 0 radical (unpaired) electrons. The fourth-order valence-corrected chi connectivity index (χ4v) is 3.22. The van der Waals surface area contributed by atoms with Crippen molar-refractivity contribution in [2.45, 2.75) is 52.1 Å². The van der Waals surface area contributed by atoms with E-state index in [2.05, 4.69) is 28.5 Å². The summed E-state index contributed by atoms with van der Waals surface area (Å²) in [6.07, 6.45) is 4.44. The number of nitrogens with zero attached hydrogens (tertiary/aromatic N) is 1. The Morgan fingerprint density at radius 2 is 2.04 bits per heavy atom. The molecule has 1 amide bonds. The van der Waals surface area contributed by atoms with E-state index < -0.39 is 11.7 Å². The lowest BCUT2D eigenvalue weighted by Crippen LogP contribution is -2.38. The van der Waals surface area contributed by atoms with Crippen LogP contribution in [-0.4, -0.2) is 30.4 Å². The first-order chi connectivity index (χ1) is 11.3. The zero-order valence-corrected chi connectivity index (χ0v) is 15.0. The number of hydrogen-bond donors (Lipinski definition) is 2. The van der Waals surface area contributed by atoms with Crippen molar-refractivity contribution in [2.24, 2.45) is 0 Å². The topological polar surface area (TPSA) is 57.4 Å². The van der Waals surface area contributed by atoms with E-state index in [1.54, 1.807) is 0 Å². The number of ether oxygens (including phenoxy) is 1. The fraction of sp³-hybridized carbons (Fsp3) is 0.526. The number of hydrogen-bond acceptors (Lipinski definition) is 3. The number of aromatic nitrogens is 1. The minimum absolute atomic E-state index is 0.394. The molecule has 0 fully saturated rings. The quantitative estimate of drug-likeness (QED) is 0.838. The molecular weight excluding hydrogens is 302 g/mol. The number of aromatic amines is 1. The average Bonchev–Trinajstić information content (AvgIpc) is 2.88. The number of carbonyl (C=O) groups is 1. The summed E-state index contributed by atoms with van der Waals surface area (Å²) in [5.41, 5.74) is 4.67. The van der Waals surface area contributed by atoms with Crippen molar-refractivity contribution in [1.82, 2.24) is 10.3 Å². The lowest BCUT2D eigenvalue weighted by molar-refractivity contribution is 0.0528. The van der Waals surface area contributed by atoms with E-state index in [0.29, 0.717) is 6.67 Å². The van der Waals surface area contributed by atoms with Gasteiger partial charge in [0.25, 0.3) is 0 Å². The van der Waals surface area contributed by atoms with Crippen molar-refractivity contribution in [3.63, 3.8) is 0 Å². The second-order valence-corrected chi connectivity index (χ2v) is 7.55. The maximum absolute atomic E-state index is 11.8. The van der Waals surface area contributed by atoms with E-state index in [4.69, 9.17) is 4.74 Å². The molecular formula is C19H27N3O2. The number of alkyl carbamates (subject to hydrolysis) is 1. The molecule has 0 atom stereocenters. The van der Waals surface area contributed by atoms with E-state index in [1.807, 2.05) is 32.7 Å². The van der Waals surface area contributed by atoms with E-state index >= 15 is 0 Å². The van der Waals surface area contributed by atoms with Crippen LogP contribution in [0.4, 0.5) is 10.5 Å². The zero-order valence-electron chi connectivity index (χ0n) is 15.0. The van der Waals surface area contributed by atoms with E-state index in [0.717, 1.165) is 18.5 Å². The molecule has 1 aromatic heterocycles. The van der Waals surface area contributed by atoms with E-state index in [1.165, 1.54) is 35.0 Å². The Labute approximate surface area is 143 Å². The first-order valence-electron chi connectivity index (χ1n) is 8.65. The second-order valence-electron chi connectivity index (χ2n) is 7.55. The van der Waals surface area contributed by atoms with E-state index in [9.17, 15) is 4.79 Å². The molecule has 5 nitrogen and oxygen atoms in total. The summed E-state index contributed by atoms with van der Waals surface area (Å²) in [6.45, 7) is 5.99. The summed E-state index contributed by atoms with van der Waals surface area (Å²) in [5.74, 6) is 0. The minimum atomic E-state index is -0.480. The zero-order chi connectivity index (χ0) is 17.3. The van der Waals surface area contributed by atoms with Gasteiger partial charge >= 0.3 is 6.09 Å². The monoisotopic (exact) mass is 329 g/mol. The van der Waals surface area contributed by atoms with Crippen molar-refractivity contribution < 1.29 is 9.53 Å². The summed E-state index contributed by atoms with van der Waals surface area (Å²) in [7, 11) is 1.97. The highest BCUT2D eigenvalue weighted by Crippen LogP contribution is 2.31. The van der Waals surface area contributed by atoms with Gasteiger partial charge in [0.1, 0.15) is 5.60 Å². The molecule has 0 saturated heterocycles. The molecule has 5 heteroatoms. The number of amides is 1. The summed E-state index contributed by atoms with van der Waals surface area (Å²) in [5, 5.41) is 4.11. The number of anilines is 1. The molecule has 0 saturated carbocycles. The molecule has 24 heavy (non-hydrogen) atoms. The predicted molar refractivity (Wildman–Crippen MR) is 97.6 cm³/mol. The van der Waals surface area contributed by atoms with Crippen molar-refractivity contribution in [3.8, 4) is 0 Å². The van der Waals surface area contributed by atoms with Crippen molar-refractivity contribution in [3.05, 3.63) is 29.5 Å². The van der Waals surface area contributed by atoms with Gasteiger partial charge in [-0.1, -0.05) is 0 Å². The average molecular weight is 329 g/mol. The molecule has 1 aliphatic carbocycles. The predicted octanol–water partition coefficient (Wildman–Crippen LogP) is 3.97. The smallest absolute Gasteiger partial charge is 0.409 e. The van der Waals surface area contributed by atoms with Gasteiger partial charge in [0.05, 0.1) is 6.67 Å². The molecule has 1 aromatic carbocycles. The molecule has 0 unspecified atom stereocenters. The van der Waals surface area contributed by atoms with Gasteiger partial charge in [0.2, 0.25) is 0 Å². The van der Waals surface area contributed by atoms with Crippen LogP contribution in [0.1, 0.15) is 44.9 Å². The Hall–Kier alpha value is -2.17. The van der Waals surface area contributed by atoms with Crippen LogP contribution >= 0.6 is 0 Å². The number of H-pyrrole nitrogens is 1. The lowest BCUT2D eigenvalue weighted by Gasteiger charge is -2.23. The van der Waals surface area contributed by atoms with Crippen molar-refractivity contribution in [1.29, 1.82) is 0 Å². The van der Waals surface area contributed by atoms with Crippen LogP contribution in [0, 0.1) is 0 Å². The maximum atomic E-state index is 11.8. The molecule has 0 aliphatic heterocycles. The van der Waals surface area contributed by atoms with Crippen LogP contribution < -0.4 is 10.2 Å². The highest BCUT2D eigenvalue weighted by atomic mass is 16.6. The molecule has 0 bridgehead atoms. The van der Waals surface area contributed by atoms with Gasteiger partial charge in [-0.15, -0.1) is 0 Å². The third kappa shape index (κ3) is 3.66. The van der Waals surface area contributed by atoms with Gasteiger partial charge < -0.3 is 19.9 Å². The van der Waals surface area contributed by atoms with Gasteiger partial charge in [-0.3, -0.25) is 0 Å². The Morgan fingerprint density at radius 1 is 1.29 bits per heavy atom. The number of benzene rings is 1. The number of nitrogens with one attached hydrogen (secondary N) is 2. The van der Waals surface area contributed by atoms with Crippen LogP contribution in [0.25, 0.3) is 10.9 Å². The fourth-order valence-electron chi connectivity index (χ4n) is 3.22. The van der Waals surface area contributed by atoms with Gasteiger partial charge in [0.15, 0.2) is 0 Å². The highest BCUT2D eigenvalue weighted by Gasteiger charge is 2.18. The molecule has 2 N–H and O–H groups in total. The molecule has 2 aromatic rings. The number of aryl methyl sites for hydroxylation is 2. The van der Waals surface area contributed by atoms with Crippen LogP contribution in [0.15, 0.2) is 18.2 Å². The van der Waals surface area contributed by atoms with Gasteiger partial charge in [-0.05, 0) is 70.2 Å². The normalized spacial score (nSPS) is 14.3. The van der Waals surface area contributed by atoms with Crippen LogP contribution in [0.3, 0.4) is 0 Å². The Morgan fingerprint density at radius 3 is 2.79 bits per heavy atom. The van der Waals surface area contributed by atoms with Crippen molar-refractivity contribution >= 4 is 22.7 Å². The Kier molecular flexibility index (Phi) is 4.43. The van der Waals surface area contributed by atoms with Gasteiger partial charge in [-0.25, -0.2) is 4.79 Å². The standard InChI is InChI=1S/C19H27N3O2/c1-19(2,3)24-18(23)20-12-22(4)13-9-10-17-15(11-13)14-7-5-6-8-16(14)21-17/h9-11,21H,5-8,12H2,1-4H3,(H,20,23). The summed E-state index contributed by atoms with van der Waals surface area (Å²) >= 11 is 0. The summed E-state index contributed by atoms with van der Waals surface area (Å²) in [6, 6.07) is 6.43. The first kappa shape index (κ1) is 16.7. The maximum Gasteiger partial charge on any atom is 0.409 e. The summed E-state index contributed by atoms with van der Waals surface area (Å²) < 4.78 is 5.27. The van der Waals surface area contributed by atoms with Crippen LogP contribution in [0.2, 0.25) is 0 Å². The van der Waals surface area contributed by atoms with Gasteiger partial charge in [0, 0.05) is 29.3 Å². The molecule has 0 spiro atoms. The number of rotatable bonds is 3. The van der Waals surface area contributed by atoms with Crippen LogP contribution in [-0.2, 0) is 17.6 Å². The lowest BCUT2D eigenvalue weighted by atomic mass is 9.95. The number of fused-ring (bicyclic) bond motifs is 3. The highest BCUT2D eigenvalue weighted by molar-refractivity contribution is 5.88. The van der Waals surface area contributed by atoms with Crippen molar-refractivity contribution in [2.75, 3.05) is 18.6 Å². The van der Waals surface area contributed by atoms with E-state index in [-0.39, 0.29) is 0 Å². The summed E-state index contributed by atoms with van der Waals surface area (Å²) in [4.78, 5) is 17.4. The molecule has 1 heterocycles. The molecule has 130 valence electrons. The minimum Gasteiger partial charge on any atom is -0.444 e. The first-order valence-corrected chi connectivity index (χ1v) is 8.65. The third-order valence-corrected chi connectivity index (χ3v) is 4.38.